The van der Waals surface area contributed by atoms with E-state index in [1.165, 1.54) is 22.6 Å². The van der Waals surface area contributed by atoms with Crippen LogP contribution in [0.25, 0.3) is 0 Å². The first-order chi connectivity index (χ1) is 10.4. The molecule has 0 spiro atoms. The predicted octanol–water partition coefficient (Wildman–Crippen LogP) is -0.339. The highest BCUT2D eigenvalue weighted by molar-refractivity contribution is 7.91. The molecule has 0 saturated carbocycles. The molecular formula is C14H20N2O5S. The maximum Gasteiger partial charge on any atom is 0.263 e. The summed E-state index contributed by atoms with van der Waals surface area (Å²) in [6.45, 7) is 0.545. The van der Waals surface area contributed by atoms with Gasteiger partial charge in [-0.15, -0.1) is 0 Å². The minimum absolute atomic E-state index is 0.0467. The Balaban J connectivity index is 2.31. The smallest absolute Gasteiger partial charge is 0.263 e. The van der Waals surface area contributed by atoms with Crippen LogP contribution in [-0.2, 0) is 21.6 Å². The third kappa shape index (κ3) is 3.56. The molecule has 1 aromatic rings. The van der Waals surface area contributed by atoms with Crippen molar-refractivity contribution in [3.05, 3.63) is 34.2 Å². The third-order valence-corrected chi connectivity index (χ3v) is 5.55. The number of amides is 1. The monoisotopic (exact) mass is 328 g/mol. The number of aromatic nitrogens is 1. The molecule has 2 rings (SSSR count). The zero-order valence-corrected chi connectivity index (χ0v) is 13.5. The van der Waals surface area contributed by atoms with Crippen LogP contribution in [0.5, 0.6) is 0 Å². The summed E-state index contributed by atoms with van der Waals surface area (Å²) < 4.78 is 29.7. The standard InChI is InChI=1S/C14H20N2O5S/c1-15-6-3-4-12(13(15)17)14(18)16(7-8-21-2)11-5-9-22(19,20)10-11/h3-4,6,11H,5,7-10H2,1-2H3. The van der Waals surface area contributed by atoms with Crippen molar-refractivity contribution in [3.8, 4) is 0 Å². The highest BCUT2D eigenvalue weighted by Gasteiger charge is 2.35. The summed E-state index contributed by atoms with van der Waals surface area (Å²) in [4.78, 5) is 26.2. The lowest BCUT2D eigenvalue weighted by molar-refractivity contribution is 0.0622. The summed E-state index contributed by atoms with van der Waals surface area (Å²) in [5, 5.41) is 0. The minimum Gasteiger partial charge on any atom is -0.383 e. The van der Waals surface area contributed by atoms with Gasteiger partial charge in [-0.1, -0.05) is 0 Å². The number of methoxy groups -OCH3 is 1. The number of ether oxygens (including phenoxy) is 1. The summed E-state index contributed by atoms with van der Waals surface area (Å²) in [7, 11) is -0.0399. The molecule has 1 aliphatic rings. The number of aryl methyl sites for hydroxylation is 1. The van der Waals surface area contributed by atoms with Crippen molar-refractivity contribution in [1.29, 1.82) is 0 Å². The van der Waals surface area contributed by atoms with E-state index in [2.05, 4.69) is 0 Å². The van der Waals surface area contributed by atoms with E-state index in [4.69, 9.17) is 4.74 Å². The number of carbonyl (C=O) groups is 1. The number of pyridine rings is 1. The summed E-state index contributed by atoms with van der Waals surface area (Å²) in [6.07, 6.45) is 1.96. The first kappa shape index (κ1) is 16.7. The molecule has 1 fully saturated rings. The molecule has 7 nitrogen and oxygen atoms in total. The second-order valence-corrected chi connectivity index (χ2v) is 7.61. The molecule has 0 aliphatic carbocycles. The van der Waals surface area contributed by atoms with Gasteiger partial charge in [0.15, 0.2) is 9.84 Å². The zero-order valence-electron chi connectivity index (χ0n) is 12.7. The Hall–Kier alpha value is -1.67. The van der Waals surface area contributed by atoms with Gasteiger partial charge in [0.05, 0.1) is 18.1 Å². The highest BCUT2D eigenvalue weighted by atomic mass is 32.2. The van der Waals surface area contributed by atoms with E-state index in [1.54, 1.807) is 19.3 Å². The van der Waals surface area contributed by atoms with Crippen LogP contribution in [0.1, 0.15) is 16.8 Å². The minimum atomic E-state index is -3.12. The Morgan fingerprint density at radius 1 is 1.50 bits per heavy atom. The fourth-order valence-corrected chi connectivity index (χ4v) is 4.31. The molecule has 0 aromatic carbocycles. The number of hydrogen-bond donors (Lipinski definition) is 0. The van der Waals surface area contributed by atoms with Crippen molar-refractivity contribution in [1.82, 2.24) is 9.47 Å². The first-order valence-electron chi connectivity index (χ1n) is 7.01. The van der Waals surface area contributed by atoms with E-state index in [0.717, 1.165) is 0 Å². The maximum atomic E-state index is 12.7. The van der Waals surface area contributed by atoms with Gasteiger partial charge in [0.1, 0.15) is 5.56 Å². The van der Waals surface area contributed by atoms with Gasteiger partial charge in [-0.2, -0.15) is 0 Å². The summed E-state index contributed by atoms with van der Waals surface area (Å²) in [5.41, 5.74) is -0.346. The second-order valence-electron chi connectivity index (χ2n) is 5.39. The number of rotatable bonds is 5. The second kappa shape index (κ2) is 6.62. The van der Waals surface area contributed by atoms with Gasteiger partial charge in [-0.05, 0) is 18.6 Å². The average molecular weight is 328 g/mol. The lowest BCUT2D eigenvalue weighted by Crippen LogP contribution is -2.45. The normalized spacial score (nSPS) is 20.0. The van der Waals surface area contributed by atoms with Crippen molar-refractivity contribution in [2.45, 2.75) is 12.5 Å². The molecule has 8 heteroatoms. The van der Waals surface area contributed by atoms with Crippen LogP contribution in [0.2, 0.25) is 0 Å². The van der Waals surface area contributed by atoms with Gasteiger partial charge in [-0.25, -0.2) is 8.42 Å². The Bertz CT molecular complexity index is 710. The Kier molecular flexibility index (Phi) is 5.02. The number of sulfone groups is 1. The van der Waals surface area contributed by atoms with Gasteiger partial charge in [0.2, 0.25) is 0 Å². The molecule has 0 bridgehead atoms. The van der Waals surface area contributed by atoms with E-state index < -0.39 is 27.3 Å². The van der Waals surface area contributed by atoms with E-state index in [1.807, 2.05) is 0 Å². The van der Waals surface area contributed by atoms with Crippen LogP contribution in [0.3, 0.4) is 0 Å². The van der Waals surface area contributed by atoms with Crippen molar-refractivity contribution >= 4 is 15.7 Å². The van der Waals surface area contributed by atoms with E-state index in [0.29, 0.717) is 6.42 Å². The molecule has 1 unspecified atom stereocenters. The fourth-order valence-electron chi connectivity index (χ4n) is 2.58. The van der Waals surface area contributed by atoms with Crippen molar-refractivity contribution in [3.63, 3.8) is 0 Å². The Morgan fingerprint density at radius 2 is 2.23 bits per heavy atom. The van der Waals surface area contributed by atoms with Gasteiger partial charge in [-0.3, -0.25) is 9.59 Å². The van der Waals surface area contributed by atoms with E-state index >= 15 is 0 Å². The summed E-state index contributed by atoms with van der Waals surface area (Å²) in [5.74, 6) is -0.433. The molecule has 1 aromatic heterocycles. The fraction of sp³-hybridized carbons (Fsp3) is 0.571. The molecule has 1 saturated heterocycles. The van der Waals surface area contributed by atoms with Crippen molar-refractivity contribution < 1.29 is 17.9 Å². The summed E-state index contributed by atoms with van der Waals surface area (Å²) in [6, 6.07) is 2.68. The van der Waals surface area contributed by atoms with Crippen LogP contribution in [-0.4, -0.2) is 61.6 Å². The summed E-state index contributed by atoms with van der Waals surface area (Å²) >= 11 is 0. The van der Waals surface area contributed by atoms with Crippen LogP contribution >= 0.6 is 0 Å². The lowest BCUT2D eigenvalue weighted by atomic mass is 10.1. The molecule has 1 atom stereocenters. The molecule has 2 heterocycles. The van der Waals surface area contributed by atoms with Crippen molar-refractivity contribution in [2.75, 3.05) is 31.8 Å². The molecule has 0 radical (unpaired) electrons. The van der Waals surface area contributed by atoms with Crippen LogP contribution < -0.4 is 5.56 Å². The molecule has 22 heavy (non-hydrogen) atoms. The average Bonchev–Trinajstić information content (AvgIpc) is 2.82. The first-order valence-corrected chi connectivity index (χ1v) is 8.84. The topological polar surface area (TPSA) is 85.7 Å². The molecule has 122 valence electrons. The van der Waals surface area contributed by atoms with Gasteiger partial charge < -0.3 is 14.2 Å². The molecule has 1 aliphatic heterocycles. The van der Waals surface area contributed by atoms with Gasteiger partial charge >= 0.3 is 0 Å². The quantitative estimate of drug-likeness (QED) is 0.738. The number of hydrogen-bond acceptors (Lipinski definition) is 5. The van der Waals surface area contributed by atoms with Gasteiger partial charge in [0, 0.05) is 32.9 Å². The maximum absolute atomic E-state index is 12.7. The third-order valence-electron chi connectivity index (χ3n) is 3.80. The molecular weight excluding hydrogens is 308 g/mol. The van der Waals surface area contributed by atoms with Crippen LogP contribution in [0.4, 0.5) is 0 Å². The van der Waals surface area contributed by atoms with Crippen LogP contribution in [0, 0.1) is 0 Å². The zero-order chi connectivity index (χ0) is 16.3. The van der Waals surface area contributed by atoms with Gasteiger partial charge in [0.25, 0.3) is 11.5 Å². The Labute approximate surface area is 129 Å². The Morgan fingerprint density at radius 3 is 2.82 bits per heavy atom. The number of carbonyl (C=O) groups excluding carboxylic acids is 1. The lowest BCUT2D eigenvalue weighted by Gasteiger charge is -2.28. The predicted molar refractivity (Wildman–Crippen MR) is 81.7 cm³/mol. The molecule has 1 amide bonds. The van der Waals surface area contributed by atoms with E-state index in [-0.39, 0.29) is 30.2 Å². The largest absolute Gasteiger partial charge is 0.383 e. The highest BCUT2D eigenvalue weighted by Crippen LogP contribution is 2.19. The number of nitrogens with zero attached hydrogens (tertiary/aromatic N) is 2. The van der Waals surface area contributed by atoms with E-state index in [9.17, 15) is 18.0 Å². The molecule has 0 N–H and O–H groups in total. The van der Waals surface area contributed by atoms with Crippen LogP contribution in [0.15, 0.2) is 23.1 Å². The van der Waals surface area contributed by atoms with Crippen molar-refractivity contribution in [2.24, 2.45) is 7.05 Å². The SMILES string of the molecule is COCCN(C(=O)c1cccn(C)c1=O)C1CCS(=O)(=O)C1.